The summed E-state index contributed by atoms with van der Waals surface area (Å²) in [5.41, 5.74) is 1.57. The van der Waals surface area contributed by atoms with Crippen molar-refractivity contribution >= 4 is 43.5 Å². The standard InChI is InChI=1S/C15H12Br2ClFO/c1-2-20-14-6-3-9(7-13(14)17)15(18)11-8-10(19)4-5-12(11)16/h3-8,15H,2H2,1H3. The van der Waals surface area contributed by atoms with Gasteiger partial charge in [0.1, 0.15) is 11.6 Å². The van der Waals surface area contributed by atoms with E-state index >= 15 is 0 Å². The van der Waals surface area contributed by atoms with E-state index in [9.17, 15) is 4.39 Å². The monoisotopic (exact) mass is 420 g/mol. The summed E-state index contributed by atoms with van der Waals surface area (Å²) in [6, 6.07) is 10.1. The van der Waals surface area contributed by atoms with Gasteiger partial charge in [-0.15, -0.1) is 11.6 Å². The summed E-state index contributed by atoms with van der Waals surface area (Å²) in [4.78, 5) is 0. The van der Waals surface area contributed by atoms with Crippen molar-refractivity contribution in [3.63, 3.8) is 0 Å². The van der Waals surface area contributed by atoms with Gasteiger partial charge in [-0.1, -0.05) is 22.0 Å². The zero-order valence-electron chi connectivity index (χ0n) is 10.7. The number of benzene rings is 2. The molecule has 20 heavy (non-hydrogen) atoms. The molecular formula is C15H12Br2ClFO. The normalized spacial score (nSPS) is 12.2. The fourth-order valence-electron chi connectivity index (χ4n) is 1.84. The first-order chi connectivity index (χ1) is 9.52. The highest BCUT2D eigenvalue weighted by molar-refractivity contribution is 9.10. The van der Waals surface area contributed by atoms with Crippen LogP contribution in [0, 0.1) is 5.82 Å². The minimum atomic E-state index is -0.438. The Hall–Kier alpha value is -0.580. The number of rotatable bonds is 4. The summed E-state index contributed by atoms with van der Waals surface area (Å²) < 4.78 is 20.4. The lowest BCUT2D eigenvalue weighted by Gasteiger charge is -2.14. The molecule has 0 spiro atoms. The first kappa shape index (κ1) is 15.8. The highest BCUT2D eigenvalue weighted by Gasteiger charge is 2.16. The second-order valence-electron chi connectivity index (χ2n) is 4.15. The lowest BCUT2D eigenvalue weighted by molar-refractivity contribution is 0.338. The van der Waals surface area contributed by atoms with Gasteiger partial charge in [0.25, 0.3) is 0 Å². The Kier molecular flexibility index (Phi) is 5.47. The SMILES string of the molecule is CCOc1ccc(C(Cl)c2cc(F)ccc2Br)cc1Br. The molecule has 0 saturated heterocycles. The summed E-state index contributed by atoms with van der Waals surface area (Å²) in [6.07, 6.45) is 0. The second kappa shape index (κ2) is 6.92. The molecule has 1 nitrogen and oxygen atoms in total. The van der Waals surface area contributed by atoms with Crippen molar-refractivity contribution in [1.29, 1.82) is 0 Å². The molecule has 2 aromatic rings. The van der Waals surface area contributed by atoms with Gasteiger partial charge in [0.05, 0.1) is 16.5 Å². The maximum absolute atomic E-state index is 13.4. The van der Waals surface area contributed by atoms with Gasteiger partial charge in [0.15, 0.2) is 0 Å². The maximum atomic E-state index is 13.4. The Labute approximate surface area is 139 Å². The maximum Gasteiger partial charge on any atom is 0.133 e. The molecule has 1 atom stereocenters. The van der Waals surface area contributed by atoms with Crippen LogP contribution in [0.25, 0.3) is 0 Å². The molecule has 0 radical (unpaired) electrons. The average Bonchev–Trinajstić information content (AvgIpc) is 2.43. The van der Waals surface area contributed by atoms with Gasteiger partial charge in [0.2, 0.25) is 0 Å². The summed E-state index contributed by atoms with van der Waals surface area (Å²) in [5.74, 6) is 0.456. The number of hydrogen-bond acceptors (Lipinski definition) is 1. The Balaban J connectivity index is 2.35. The van der Waals surface area contributed by atoms with Crippen molar-refractivity contribution in [3.05, 3.63) is 62.3 Å². The highest BCUT2D eigenvalue weighted by Crippen LogP contribution is 2.37. The fourth-order valence-corrected chi connectivity index (χ4v) is 3.27. The van der Waals surface area contributed by atoms with Crippen LogP contribution >= 0.6 is 43.5 Å². The number of hydrogen-bond donors (Lipinski definition) is 0. The van der Waals surface area contributed by atoms with E-state index in [1.165, 1.54) is 12.1 Å². The minimum Gasteiger partial charge on any atom is -0.493 e. The van der Waals surface area contributed by atoms with Crippen LogP contribution < -0.4 is 4.74 Å². The summed E-state index contributed by atoms with van der Waals surface area (Å²) in [5, 5.41) is -0.438. The van der Waals surface area contributed by atoms with Gasteiger partial charge < -0.3 is 4.74 Å². The number of halogens is 4. The Morgan fingerprint density at radius 1 is 1.15 bits per heavy atom. The quantitative estimate of drug-likeness (QED) is 0.543. The van der Waals surface area contributed by atoms with Crippen molar-refractivity contribution < 1.29 is 9.13 Å². The molecule has 0 aliphatic heterocycles. The Morgan fingerprint density at radius 3 is 2.55 bits per heavy atom. The van der Waals surface area contributed by atoms with Crippen LogP contribution in [0.15, 0.2) is 45.3 Å². The highest BCUT2D eigenvalue weighted by atomic mass is 79.9. The predicted octanol–water partition coefficient (Wildman–Crippen LogP) is 6.08. The smallest absolute Gasteiger partial charge is 0.133 e. The van der Waals surface area contributed by atoms with Crippen LogP contribution in [-0.2, 0) is 0 Å². The van der Waals surface area contributed by atoms with E-state index in [0.29, 0.717) is 12.2 Å². The molecule has 0 amide bonds. The molecule has 5 heteroatoms. The van der Waals surface area contributed by atoms with Crippen molar-refractivity contribution in [1.82, 2.24) is 0 Å². The molecule has 0 heterocycles. The van der Waals surface area contributed by atoms with E-state index in [2.05, 4.69) is 31.9 Å². The third kappa shape index (κ3) is 3.54. The molecule has 2 aromatic carbocycles. The van der Waals surface area contributed by atoms with Crippen molar-refractivity contribution in [3.8, 4) is 5.75 Å². The molecular weight excluding hydrogens is 410 g/mol. The Bertz CT molecular complexity index is 619. The molecule has 0 fully saturated rings. The van der Waals surface area contributed by atoms with E-state index in [-0.39, 0.29) is 5.82 Å². The van der Waals surface area contributed by atoms with Crippen molar-refractivity contribution in [2.24, 2.45) is 0 Å². The largest absolute Gasteiger partial charge is 0.493 e. The van der Waals surface area contributed by atoms with Crippen LogP contribution in [0.5, 0.6) is 5.75 Å². The van der Waals surface area contributed by atoms with Crippen LogP contribution in [0.2, 0.25) is 0 Å². The van der Waals surface area contributed by atoms with E-state index in [4.69, 9.17) is 16.3 Å². The molecule has 106 valence electrons. The number of alkyl halides is 1. The second-order valence-corrected chi connectivity index (χ2v) is 6.30. The summed E-state index contributed by atoms with van der Waals surface area (Å²) in [6.45, 7) is 2.52. The molecule has 2 rings (SSSR count). The minimum absolute atomic E-state index is 0.307. The van der Waals surface area contributed by atoms with E-state index in [1.54, 1.807) is 6.07 Å². The molecule has 0 aliphatic rings. The van der Waals surface area contributed by atoms with Crippen LogP contribution in [0.4, 0.5) is 4.39 Å². The van der Waals surface area contributed by atoms with Gasteiger partial charge in [-0.05, 0) is 64.3 Å². The van der Waals surface area contributed by atoms with Crippen LogP contribution in [0.1, 0.15) is 23.4 Å². The predicted molar refractivity (Wildman–Crippen MR) is 87.1 cm³/mol. The Morgan fingerprint density at radius 2 is 1.90 bits per heavy atom. The lowest BCUT2D eigenvalue weighted by atomic mass is 10.0. The lowest BCUT2D eigenvalue weighted by Crippen LogP contribution is -1.98. The average molecular weight is 423 g/mol. The van der Waals surface area contributed by atoms with Gasteiger partial charge >= 0.3 is 0 Å². The molecule has 0 bridgehead atoms. The summed E-state index contributed by atoms with van der Waals surface area (Å²) >= 11 is 13.3. The van der Waals surface area contributed by atoms with E-state index in [1.807, 2.05) is 25.1 Å². The molecule has 0 aromatic heterocycles. The first-order valence-corrected chi connectivity index (χ1v) is 8.06. The molecule has 0 N–H and O–H groups in total. The summed E-state index contributed by atoms with van der Waals surface area (Å²) in [7, 11) is 0. The van der Waals surface area contributed by atoms with E-state index < -0.39 is 5.38 Å². The third-order valence-electron chi connectivity index (χ3n) is 2.78. The van der Waals surface area contributed by atoms with Gasteiger partial charge in [0, 0.05) is 4.47 Å². The van der Waals surface area contributed by atoms with Crippen molar-refractivity contribution in [2.75, 3.05) is 6.61 Å². The van der Waals surface area contributed by atoms with Crippen LogP contribution in [-0.4, -0.2) is 6.61 Å². The third-order valence-corrected chi connectivity index (χ3v) is 4.61. The van der Waals surface area contributed by atoms with Crippen molar-refractivity contribution in [2.45, 2.75) is 12.3 Å². The zero-order chi connectivity index (χ0) is 14.7. The molecule has 1 unspecified atom stereocenters. The van der Waals surface area contributed by atoms with Gasteiger partial charge in [-0.25, -0.2) is 4.39 Å². The topological polar surface area (TPSA) is 9.23 Å². The fraction of sp³-hybridized carbons (Fsp3) is 0.200. The zero-order valence-corrected chi connectivity index (χ0v) is 14.6. The van der Waals surface area contributed by atoms with Crippen LogP contribution in [0.3, 0.4) is 0 Å². The molecule has 0 aliphatic carbocycles. The first-order valence-electron chi connectivity index (χ1n) is 6.04. The van der Waals surface area contributed by atoms with E-state index in [0.717, 1.165) is 20.3 Å². The van der Waals surface area contributed by atoms with Gasteiger partial charge in [-0.2, -0.15) is 0 Å². The molecule has 0 saturated carbocycles. The number of ether oxygens (including phenoxy) is 1. The van der Waals surface area contributed by atoms with Gasteiger partial charge in [-0.3, -0.25) is 0 Å².